The van der Waals surface area contributed by atoms with E-state index >= 15 is 0 Å². The summed E-state index contributed by atoms with van der Waals surface area (Å²) in [6.45, 7) is 1.67. The molecule has 0 saturated heterocycles. The second kappa shape index (κ2) is 9.75. The van der Waals surface area contributed by atoms with Gasteiger partial charge >= 0.3 is 0 Å². The Kier molecular flexibility index (Phi) is 7.39. The van der Waals surface area contributed by atoms with Gasteiger partial charge in [-0.3, -0.25) is 10.2 Å². The van der Waals surface area contributed by atoms with E-state index in [4.69, 9.17) is 39.0 Å². The van der Waals surface area contributed by atoms with Crippen molar-refractivity contribution in [3.8, 4) is 11.5 Å². The Morgan fingerprint density at radius 3 is 2.81 bits per heavy atom. The number of halogens is 1. The number of nitrogens with zero attached hydrogens (tertiary/aromatic N) is 1. The van der Waals surface area contributed by atoms with Crippen molar-refractivity contribution in [1.29, 1.82) is 0 Å². The first-order valence-electron chi connectivity index (χ1n) is 7.85. The molecule has 0 aliphatic carbocycles. The minimum atomic E-state index is -0.567. The Morgan fingerprint density at radius 2 is 2.11 bits per heavy atom. The number of rotatable bonds is 7. The third kappa shape index (κ3) is 6.12. The van der Waals surface area contributed by atoms with Crippen LogP contribution in [0.15, 0.2) is 41.5 Å². The zero-order chi connectivity index (χ0) is 19.8. The Labute approximate surface area is 167 Å². The van der Waals surface area contributed by atoms with Gasteiger partial charge in [-0.25, -0.2) is 0 Å². The van der Waals surface area contributed by atoms with Crippen molar-refractivity contribution < 1.29 is 14.3 Å². The van der Waals surface area contributed by atoms with Crippen LogP contribution in [0.1, 0.15) is 11.1 Å². The fourth-order valence-corrected chi connectivity index (χ4v) is 2.43. The molecule has 27 heavy (non-hydrogen) atoms. The summed E-state index contributed by atoms with van der Waals surface area (Å²) in [4.78, 5) is 10.8. The highest BCUT2D eigenvalue weighted by Crippen LogP contribution is 2.27. The molecule has 0 heterocycles. The highest BCUT2D eigenvalue weighted by atomic mass is 35.5. The number of thiocarbonyl (C=S) groups is 1. The van der Waals surface area contributed by atoms with Crippen LogP contribution in [-0.4, -0.2) is 31.0 Å². The van der Waals surface area contributed by atoms with Gasteiger partial charge in [0.2, 0.25) is 0 Å². The van der Waals surface area contributed by atoms with Gasteiger partial charge in [-0.2, -0.15) is 5.10 Å². The molecule has 9 heteroatoms. The Balaban J connectivity index is 1.97. The molecule has 0 aromatic heterocycles. The van der Waals surface area contributed by atoms with Crippen LogP contribution < -0.4 is 25.9 Å². The van der Waals surface area contributed by atoms with Crippen molar-refractivity contribution in [3.05, 3.63) is 52.5 Å². The molecule has 4 N–H and O–H groups in total. The van der Waals surface area contributed by atoms with E-state index in [0.717, 1.165) is 16.8 Å². The molecule has 7 nitrogen and oxygen atoms in total. The average Bonchev–Trinajstić information content (AvgIpc) is 2.64. The van der Waals surface area contributed by atoms with Crippen LogP contribution in [-0.2, 0) is 4.79 Å². The van der Waals surface area contributed by atoms with Gasteiger partial charge in [0.15, 0.2) is 23.2 Å². The molecule has 0 atom stereocenters. The van der Waals surface area contributed by atoms with Gasteiger partial charge in [-0.15, -0.1) is 0 Å². The lowest BCUT2D eigenvalue weighted by Crippen LogP contribution is -2.24. The molecule has 1 amide bonds. The number of nitrogens with two attached hydrogens (primary N) is 1. The van der Waals surface area contributed by atoms with Gasteiger partial charge < -0.3 is 20.5 Å². The molecule has 142 valence electrons. The zero-order valence-corrected chi connectivity index (χ0v) is 16.4. The maximum atomic E-state index is 10.8. The number of ether oxygens (including phenoxy) is 2. The fourth-order valence-electron chi connectivity index (χ4n) is 2.09. The number of hydrogen-bond acceptors (Lipinski definition) is 5. The summed E-state index contributed by atoms with van der Waals surface area (Å²) < 4.78 is 10.5. The fraction of sp³-hybridized carbons (Fsp3) is 0.167. The third-order valence-corrected chi connectivity index (χ3v) is 4.06. The van der Waals surface area contributed by atoms with Gasteiger partial charge in [0.25, 0.3) is 5.91 Å². The summed E-state index contributed by atoms with van der Waals surface area (Å²) in [5.74, 6) is 0.299. The van der Waals surface area contributed by atoms with E-state index < -0.39 is 5.91 Å². The van der Waals surface area contributed by atoms with Crippen LogP contribution in [0.25, 0.3) is 0 Å². The number of hydrazone groups is 1. The van der Waals surface area contributed by atoms with Gasteiger partial charge in [0.1, 0.15) is 0 Å². The number of primary amides is 1. The zero-order valence-electron chi connectivity index (χ0n) is 14.8. The van der Waals surface area contributed by atoms with E-state index in [0.29, 0.717) is 21.6 Å². The molecule has 0 aliphatic heterocycles. The largest absolute Gasteiger partial charge is 0.493 e. The molecule has 0 saturated carbocycles. The minimum Gasteiger partial charge on any atom is -0.493 e. The van der Waals surface area contributed by atoms with Gasteiger partial charge in [0.05, 0.1) is 13.3 Å². The lowest BCUT2D eigenvalue weighted by Gasteiger charge is -2.11. The second-order valence-corrected chi connectivity index (χ2v) is 6.22. The molecule has 2 rings (SSSR count). The molecular weight excluding hydrogens is 388 g/mol. The maximum Gasteiger partial charge on any atom is 0.255 e. The summed E-state index contributed by atoms with van der Waals surface area (Å²) in [5, 5.41) is 8.09. The van der Waals surface area contributed by atoms with Crippen molar-refractivity contribution in [2.24, 2.45) is 10.8 Å². The first-order chi connectivity index (χ1) is 12.9. The van der Waals surface area contributed by atoms with E-state index in [9.17, 15) is 4.79 Å². The summed E-state index contributed by atoms with van der Waals surface area (Å²) in [5.41, 5.74) is 10.2. The first-order valence-corrected chi connectivity index (χ1v) is 8.63. The predicted octanol–water partition coefficient (Wildman–Crippen LogP) is 2.84. The van der Waals surface area contributed by atoms with E-state index in [2.05, 4.69) is 15.8 Å². The quantitative estimate of drug-likeness (QED) is 0.371. The van der Waals surface area contributed by atoms with E-state index in [-0.39, 0.29) is 6.61 Å². The van der Waals surface area contributed by atoms with E-state index in [1.807, 2.05) is 19.1 Å². The van der Waals surface area contributed by atoms with Crippen LogP contribution >= 0.6 is 23.8 Å². The van der Waals surface area contributed by atoms with Gasteiger partial charge in [0, 0.05) is 10.7 Å². The molecule has 0 bridgehead atoms. The van der Waals surface area contributed by atoms with Gasteiger partial charge in [-0.05, 0) is 60.6 Å². The average molecular weight is 407 g/mol. The summed E-state index contributed by atoms with van der Waals surface area (Å²) in [6, 6.07) is 10.6. The molecule has 0 fully saturated rings. The number of amides is 1. The molecule has 0 radical (unpaired) electrons. The van der Waals surface area contributed by atoms with E-state index in [1.165, 1.54) is 7.11 Å². The molecule has 0 unspecified atom stereocenters. The molecule has 2 aromatic rings. The number of anilines is 1. The van der Waals surface area contributed by atoms with Crippen molar-refractivity contribution in [2.75, 3.05) is 19.0 Å². The third-order valence-electron chi connectivity index (χ3n) is 3.45. The number of methoxy groups -OCH3 is 1. The second-order valence-electron chi connectivity index (χ2n) is 5.40. The standard InChI is InChI=1S/C18H19ClN4O3S/c1-11-13(19)4-3-5-14(11)22-18(27)23-21-9-12-6-7-15(16(8-12)25-2)26-10-17(20)24/h3-9H,10H2,1-2H3,(H2,20,24)(H2,22,23,27)/b21-9+. The van der Waals surface area contributed by atoms with Crippen molar-refractivity contribution in [1.82, 2.24) is 5.43 Å². The molecule has 0 aliphatic rings. The van der Waals surface area contributed by atoms with Gasteiger partial charge in [-0.1, -0.05) is 17.7 Å². The maximum absolute atomic E-state index is 10.8. The van der Waals surface area contributed by atoms with Crippen molar-refractivity contribution in [2.45, 2.75) is 6.92 Å². The number of hydrogen-bond donors (Lipinski definition) is 3. The van der Waals surface area contributed by atoms with Crippen LogP contribution in [0.4, 0.5) is 5.69 Å². The smallest absolute Gasteiger partial charge is 0.255 e. The van der Waals surface area contributed by atoms with Crippen molar-refractivity contribution >= 4 is 46.7 Å². The topological polar surface area (TPSA) is 98.0 Å². The van der Waals surface area contributed by atoms with Crippen LogP contribution in [0.2, 0.25) is 5.02 Å². The number of carbonyl (C=O) groups is 1. The monoisotopic (exact) mass is 406 g/mol. The lowest BCUT2D eigenvalue weighted by molar-refractivity contribution is -0.119. The Morgan fingerprint density at radius 1 is 1.33 bits per heavy atom. The molecule has 2 aromatic carbocycles. The minimum absolute atomic E-state index is 0.228. The van der Waals surface area contributed by atoms with Crippen LogP contribution in [0.3, 0.4) is 0 Å². The van der Waals surface area contributed by atoms with E-state index in [1.54, 1.807) is 30.5 Å². The van der Waals surface area contributed by atoms with Crippen LogP contribution in [0, 0.1) is 6.92 Å². The summed E-state index contributed by atoms with van der Waals surface area (Å²) in [6.07, 6.45) is 1.57. The SMILES string of the molecule is COc1cc(/C=N/NC(=S)Nc2cccc(Cl)c2C)ccc1OCC(N)=O. The number of benzene rings is 2. The highest BCUT2D eigenvalue weighted by Gasteiger charge is 2.07. The predicted molar refractivity (Wildman–Crippen MR) is 111 cm³/mol. The normalized spacial score (nSPS) is 10.5. The van der Waals surface area contributed by atoms with Crippen molar-refractivity contribution in [3.63, 3.8) is 0 Å². The number of carbonyl (C=O) groups excluding carboxylic acids is 1. The highest BCUT2D eigenvalue weighted by molar-refractivity contribution is 7.80. The first kappa shape index (κ1) is 20.5. The summed E-state index contributed by atoms with van der Waals surface area (Å²) >= 11 is 11.3. The lowest BCUT2D eigenvalue weighted by atomic mass is 10.2. The summed E-state index contributed by atoms with van der Waals surface area (Å²) in [7, 11) is 1.50. The molecular formula is C18H19ClN4O3S. The Hall–Kier alpha value is -2.84. The van der Waals surface area contributed by atoms with Crippen LogP contribution in [0.5, 0.6) is 11.5 Å². The molecule has 0 spiro atoms. The Bertz CT molecular complexity index is 874. The number of nitrogens with one attached hydrogen (secondary N) is 2.